The number of aromatic carboxylic acids is 1. The Bertz CT molecular complexity index is 646. The first kappa shape index (κ1) is 12.7. The molecule has 0 atom stereocenters. The van der Waals surface area contributed by atoms with Crippen LogP contribution in [0.4, 0.5) is 0 Å². The summed E-state index contributed by atoms with van der Waals surface area (Å²) < 4.78 is 25.7. The number of carbonyl (C=O) groups is 1. The molecule has 0 amide bonds. The lowest BCUT2D eigenvalue weighted by molar-refractivity contribution is 0.0691. The predicted molar refractivity (Wildman–Crippen MR) is 61.7 cm³/mol. The third kappa shape index (κ3) is 2.72. The second-order valence-electron chi connectivity index (χ2n) is 3.17. The topological polar surface area (TPSA) is 125 Å². The molecule has 2 aromatic heterocycles. The van der Waals surface area contributed by atoms with Gasteiger partial charge in [-0.05, 0) is 0 Å². The summed E-state index contributed by atoms with van der Waals surface area (Å²) in [5.41, 5.74) is -0.101. The number of hydrogen-bond donors (Lipinski definition) is 3. The lowest BCUT2D eigenvalue weighted by atomic mass is 10.5. The Morgan fingerprint density at radius 2 is 2.33 bits per heavy atom. The molecule has 0 saturated carbocycles. The van der Waals surface area contributed by atoms with Gasteiger partial charge in [0.1, 0.15) is 5.01 Å². The Hall–Kier alpha value is -1.78. The third-order valence-corrected chi connectivity index (χ3v) is 4.12. The number of sulfonamides is 1. The number of nitrogens with one attached hydrogen (secondary N) is 2. The number of thiazole rings is 1. The van der Waals surface area contributed by atoms with Crippen LogP contribution in [-0.2, 0) is 16.6 Å². The van der Waals surface area contributed by atoms with Gasteiger partial charge in [0.05, 0.1) is 19.1 Å². The summed E-state index contributed by atoms with van der Waals surface area (Å²) in [6.07, 6.45) is 2.42. The summed E-state index contributed by atoms with van der Waals surface area (Å²) in [6, 6.07) is 0. The van der Waals surface area contributed by atoms with Crippen molar-refractivity contribution in [1.29, 1.82) is 0 Å². The molecule has 0 fully saturated rings. The van der Waals surface area contributed by atoms with Crippen LogP contribution in [0.1, 0.15) is 15.5 Å². The molecule has 0 unspecified atom stereocenters. The zero-order valence-electron chi connectivity index (χ0n) is 8.82. The second kappa shape index (κ2) is 4.84. The lowest BCUT2D eigenvalue weighted by Crippen LogP contribution is -2.23. The number of hydrogen-bond acceptors (Lipinski definition) is 6. The van der Waals surface area contributed by atoms with Crippen LogP contribution in [0.15, 0.2) is 22.9 Å². The molecule has 0 aliphatic heterocycles. The second-order valence-corrected chi connectivity index (χ2v) is 5.85. The Morgan fingerprint density at radius 1 is 1.56 bits per heavy atom. The summed E-state index contributed by atoms with van der Waals surface area (Å²) >= 11 is 1.07. The Kier molecular flexibility index (Phi) is 3.41. The molecule has 18 heavy (non-hydrogen) atoms. The molecule has 10 heteroatoms. The first-order valence-corrected chi connectivity index (χ1v) is 7.01. The van der Waals surface area contributed by atoms with E-state index in [2.05, 4.69) is 19.7 Å². The van der Waals surface area contributed by atoms with Gasteiger partial charge in [0.15, 0.2) is 10.7 Å². The molecule has 96 valence electrons. The molecule has 0 aliphatic carbocycles. The van der Waals surface area contributed by atoms with E-state index in [1.807, 2.05) is 0 Å². The number of carboxylic acids is 1. The molecule has 0 radical (unpaired) electrons. The van der Waals surface area contributed by atoms with Gasteiger partial charge in [-0.1, -0.05) is 0 Å². The Labute approximate surface area is 106 Å². The molecule has 2 rings (SSSR count). The van der Waals surface area contributed by atoms with Gasteiger partial charge in [0.25, 0.3) is 10.0 Å². The highest BCUT2D eigenvalue weighted by atomic mass is 32.2. The minimum absolute atomic E-state index is 0.0579. The number of imidazole rings is 1. The van der Waals surface area contributed by atoms with Gasteiger partial charge in [-0.15, -0.1) is 11.3 Å². The molecule has 0 bridgehead atoms. The smallest absolute Gasteiger partial charge is 0.355 e. The first-order valence-electron chi connectivity index (χ1n) is 4.65. The van der Waals surface area contributed by atoms with Gasteiger partial charge in [-0.2, -0.15) is 0 Å². The van der Waals surface area contributed by atoms with Crippen LogP contribution in [0, 0.1) is 0 Å². The van der Waals surface area contributed by atoms with Crippen molar-refractivity contribution in [1.82, 2.24) is 19.7 Å². The number of nitrogens with zero attached hydrogens (tertiary/aromatic N) is 2. The van der Waals surface area contributed by atoms with E-state index in [1.54, 1.807) is 0 Å². The van der Waals surface area contributed by atoms with E-state index in [4.69, 9.17) is 5.11 Å². The van der Waals surface area contributed by atoms with Gasteiger partial charge < -0.3 is 10.1 Å². The summed E-state index contributed by atoms with van der Waals surface area (Å²) in [5, 5.41) is 10.3. The fourth-order valence-electron chi connectivity index (χ4n) is 1.11. The average molecular weight is 288 g/mol. The van der Waals surface area contributed by atoms with E-state index >= 15 is 0 Å². The molecule has 0 spiro atoms. The van der Waals surface area contributed by atoms with Crippen LogP contribution in [-0.4, -0.2) is 34.4 Å². The Balaban J connectivity index is 2.05. The summed E-state index contributed by atoms with van der Waals surface area (Å²) in [7, 11) is -3.67. The SMILES string of the molecule is O=C(O)c1csc(CNS(=O)(=O)c2cnc[nH]2)n1. The van der Waals surface area contributed by atoms with E-state index in [9.17, 15) is 13.2 Å². The zero-order valence-corrected chi connectivity index (χ0v) is 10.5. The molecule has 0 aromatic carbocycles. The first-order chi connectivity index (χ1) is 8.49. The number of aromatic nitrogens is 3. The standard InChI is InChI=1S/C8H8N4O4S2/c13-8(14)5-3-17-6(12-5)1-11-18(15,16)7-2-9-4-10-7/h2-4,11H,1H2,(H,9,10)(H,13,14). The molecular formula is C8H8N4O4S2. The zero-order chi connectivity index (χ0) is 13.2. The summed E-state index contributed by atoms with van der Waals surface area (Å²) in [6.45, 7) is -0.0701. The van der Waals surface area contributed by atoms with Crippen molar-refractivity contribution in [3.8, 4) is 0 Å². The highest BCUT2D eigenvalue weighted by Crippen LogP contribution is 2.11. The third-order valence-electron chi connectivity index (χ3n) is 1.95. The molecule has 0 aliphatic rings. The van der Waals surface area contributed by atoms with Gasteiger partial charge in [-0.25, -0.2) is 27.9 Å². The maximum Gasteiger partial charge on any atom is 0.355 e. The average Bonchev–Trinajstić information content (AvgIpc) is 2.98. The molecule has 3 N–H and O–H groups in total. The molecule has 8 nitrogen and oxygen atoms in total. The van der Waals surface area contributed by atoms with Crippen LogP contribution < -0.4 is 4.72 Å². The number of rotatable bonds is 5. The van der Waals surface area contributed by atoms with Crippen molar-refractivity contribution in [2.45, 2.75) is 11.6 Å². The maximum absolute atomic E-state index is 11.7. The maximum atomic E-state index is 11.7. The van der Waals surface area contributed by atoms with E-state index in [1.165, 1.54) is 17.9 Å². The van der Waals surface area contributed by atoms with E-state index in [-0.39, 0.29) is 17.3 Å². The summed E-state index contributed by atoms with van der Waals surface area (Å²) in [4.78, 5) is 20.4. The number of carboxylic acid groups (broad SMARTS) is 1. The number of H-pyrrole nitrogens is 1. The molecular weight excluding hydrogens is 280 g/mol. The van der Waals surface area contributed by atoms with Crippen molar-refractivity contribution in [2.75, 3.05) is 0 Å². The lowest BCUT2D eigenvalue weighted by Gasteiger charge is -2.01. The highest BCUT2D eigenvalue weighted by molar-refractivity contribution is 7.89. The fourth-order valence-corrected chi connectivity index (χ4v) is 2.80. The molecule has 0 saturated heterocycles. The van der Waals surface area contributed by atoms with E-state index in [0.29, 0.717) is 5.01 Å². The monoisotopic (exact) mass is 288 g/mol. The van der Waals surface area contributed by atoms with Crippen molar-refractivity contribution in [3.05, 3.63) is 28.6 Å². The largest absolute Gasteiger partial charge is 0.476 e. The van der Waals surface area contributed by atoms with Gasteiger partial charge in [0.2, 0.25) is 0 Å². The molecule has 2 aromatic rings. The van der Waals surface area contributed by atoms with Crippen molar-refractivity contribution < 1.29 is 18.3 Å². The van der Waals surface area contributed by atoms with Crippen LogP contribution in [0.5, 0.6) is 0 Å². The fraction of sp³-hybridized carbons (Fsp3) is 0.125. The van der Waals surface area contributed by atoms with Crippen molar-refractivity contribution in [3.63, 3.8) is 0 Å². The predicted octanol–water partition coefficient (Wildman–Crippen LogP) is 0.0429. The minimum atomic E-state index is -3.67. The van der Waals surface area contributed by atoms with Crippen LogP contribution >= 0.6 is 11.3 Å². The van der Waals surface area contributed by atoms with Gasteiger partial charge in [0, 0.05) is 5.38 Å². The normalized spacial score (nSPS) is 11.6. The van der Waals surface area contributed by atoms with Crippen molar-refractivity contribution >= 4 is 27.3 Å². The van der Waals surface area contributed by atoms with Gasteiger partial charge >= 0.3 is 5.97 Å². The summed E-state index contributed by atoms with van der Waals surface area (Å²) in [5.74, 6) is -1.14. The van der Waals surface area contributed by atoms with Crippen LogP contribution in [0.3, 0.4) is 0 Å². The van der Waals surface area contributed by atoms with E-state index in [0.717, 1.165) is 11.3 Å². The van der Waals surface area contributed by atoms with Gasteiger partial charge in [-0.3, -0.25) is 0 Å². The quantitative estimate of drug-likeness (QED) is 0.713. The highest BCUT2D eigenvalue weighted by Gasteiger charge is 2.16. The minimum Gasteiger partial charge on any atom is -0.476 e. The van der Waals surface area contributed by atoms with E-state index < -0.39 is 16.0 Å². The van der Waals surface area contributed by atoms with Crippen LogP contribution in [0.25, 0.3) is 0 Å². The Morgan fingerprint density at radius 3 is 2.89 bits per heavy atom. The van der Waals surface area contributed by atoms with Crippen LogP contribution in [0.2, 0.25) is 0 Å². The molecule has 2 heterocycles. The number of aromatic amines is 1. The van der Waals surface area contributed by atoms with Crippen molar-refractivity contribution in [2.24, 2.45) is 0 Å².